The molecule has 0 bridgehead atoms. The number of aromatic amines is 1. The maximum atomic E-state index is 11.3. The SMILES string of the molecule is CS(=O)(=O)CCCOc1cc(Cl)cc2[nH]c(=O)ccc12. The Morgan fingerprint density at radius 2 is 2.05 bits per heavy atom. The summed E-state index contributed by atoms with van der Waals surface area (Å²) in [6, 6.07) is 6.33. The second-order valence-corrected chi connectivity index (χ2v) is 7.22. The highest BCUT2D eigenvalue weighted by Crippen LogP contribution is 2.28. The molecule has 1 aromatic heterocycles. The van der Waals surface area contributed by atoms with Gasteiger partial charge < -0.3 is 9.72 Å². The largest absolute Gasteiger partial charge is 0.493 e. The molecule has 0 aliphatic heterocycles. The lowest BCUT2D eigenvalue weighted by atomic mass is 10.2. The van der Waals surface area contributed by atoms with E-state index in [1.807, 2.05) is 0 Å². The minimum Gasteiger partial charge on any atom is -0.493 e. The highest BCUT2D eigenvalue weighted by molar-refractivity contribution is 7.90. The number of rotatable bonds is 5. The van der Waals surface area contributed by atoms with Crippen molar-refractivity contribution < 1.29 is 13.2 Å². The van der Waals surface area contributed by atoms with E-state index in [-0.39, 0.29) is 17.9 Å². The number of halogens is 1. The van der Waals surface area contributed by atoms with Crippen LogP contribution in [0.25, 0.3) is 10.9 Å². The van der Waals surface area contributed by atoms with Crippen LogP contribution in [-0.2, 0) is 9.84 Å². The summed E-state index contributed by atoms with van der Waals surface area (Å²) in [7, 11) is -2.99. The van der Waals surface area contributed by atoms with Crippen molar-refractivity contribution in [1.82, 2.24) is 4.98 Å². The standard InChI is InChI=1S/C13H14ClNO4S/c1-20(17,18)6-2-5-19-12-8-9(14)7-11-10(12)3-4-13(16)15-11/h3-4,7-8H,2,5-6H2,1H3,(H,15,16). The van der Waals surface area contributed by atoms with Crippen LogP contribution in [0.3, 0.4) is 0 Å². The molecule has 1 aromatic carbocycles. The van der Waals surface area contributed by atoms with E-state index in [0.717, 1.165) is 5.39 Å². The number of pyridine rings is 1. The fourth-order valence-corrected chi connectivity index (χ4v) is 2.67. The molecular formula is C13H14ClNO4S. The van der Waals surface area contributed by atoms with Gasteiger partial charge in [-0.25, -0.2) is 8.42 Å². The molecule has 1 N–H and O–H groups in total. The summed E-state index contributed by atoms with van der Waals surface area (Å²) < 4.78 is 27.6. The molecule has 108 valence electrons. The van der Waals surface area contributed by atoms with E-state index in [1.54, 1.807) is 18.2 Å². The molecular weight excluding hydrogens is 302 g/mol. The van der Waals surface area contributed by atoms with Crippen LogP contribution in [0.2, 0.25) is 5.02 Å². The van der Waals surface area contributed by atoms with Gasteiger partial charge >= 0.3 is 0 Å². The zero-order valence-corrected chi connectivity index (χ0v) is 12.4. The van der Waals surface area contributed by atoms with Crippen LogP contribution in [0.4, 0.5) is 0 Å². The van der Waals surface area contributed by atoms with E-state index in [1.165, 1.54) is 12.3 Å². The number of hydrogen-bond acceptors (Lipinski definition) is 4. The van der Waals surface area contributed by atoms with Crippen molar-refractivity contribution in [1.29, 1.82) is 0 Å². The number of fused-ring (bicyclic) bond motifs is 1. The first-order chi connectivity index (χ1) is 9.35. The minimum atomic E-state index is -2.99. The third kappa shape index (κ3) is 3.98. The number of aromatic nitrogens is 1. The molecule has 0 radical (unpaired) electrons. The van der Waals surface area contributed by atoms with Crippen LogP contribution in [0, 0.1) is 0 Å². The van der Waals surface area contributed by atoms with E-state index in [4.69, 9.17) is 16.3 Å². The molecule has 7 heteroatoms. The Morgan fingerprint density at radius 3 is 2.75 bits per heavy atom. The van der Waals surface area contributed by atoms with E-state index < -0.39 is 9.84 Å². The molecule has 0 saturated heterocycles. The number of sulfone groups is 1. The van der Waals surface area contributed by atoms with Gasteiger partial charge in [0.15, 0.2) is 0 Å². The first-order valence-corrected chi connectivity index (χ1v) is 8.42. The maximum absolute atomic E-state index is 11.3. The average molecular weight is 316 g/mol. The first kappa shape index (κ1) is 14.9. The van der Waals surface area contributed by atoms with Crippen molar-refractivity contribution in [3.63, 3.8) is 0 Å². The van der Waals surface area contributed by atoms with Gasteiger partial charge in [0.1, 0.15) is 15.6 Å². The number of nitrogens with one attached hydrogen (secondary N) is 1. The zero-order chi connectivity index (χ0) is 14.8. The fraction of sp³-hybridized carbons (Fsp3) is 0.308. The molecule has 0 fully saturated rings. The van der Waals surface area contributed by atoms with Crippen LogP contribution in [0.15, 0.2) is 29.1 Å². The van der Waals surface area contributed by atoms with Crippen LogP contribution < -0.4 is 10.3 Å². The Labute approximate surface area is 121 Å². The number of H-pyrrole nitrogens is 1. The topological polar surface area (TPSA) is 76.2 Å². The Morgan fingerprint density at radius 1 is 1.30 bits per heavy atom. The van der Waals surface area contributed by atoms with Gasteiger partial charge in [-0.2, -0.15) is 0 Å². The van der Waals surface area contributed by atoms with Gasteiger partial charge in [-0.1, -0.05) is 11.6 Å². The van der Waals surface area contributed by atoms with Crippen molar-refractivity contribution in [3.05, 3.63) is 39.6 Å². The summed E-state index contributed by atoms with van der Waals surface area (Å²) in [5.41, 5.74) is 0.367. The van der Waals surface area contributed by atoms with Crippen LogP contribution in [0.5, 0.6) is 5.75 Å². The van der Waals surface area contributed by atoms with E-state index in [0.29, 0.717) is 22.7 Å². The summed E-state index contributed by atoms with van der Waals surface area (Å²) >= 11 is 5.96. The third-order valence-electron chi connectivity index (χ3n) is 2.68. The van der Waals surface area contributed by atoms with Crippen LogP contribution in [-0.4, -0.2) is 32.0 Å². The summed E-state index contributed by atoms with van der Waals surface area (Å²) in [6.45, 7) is 0.266. The Hall–Kier alpha value is -1.53. The monoisotopic (exact) mass is 315 g/mol. The molecule has 0 atom stereocenters. The van der Waals surface area contributed by atoms with Crippen LogP contribution in [0.1, 0.15) is 6.42 Å². The lowest BCUT2D eigenvalue weighted by Gasteiger charge is -2.09. The summed E-state index contributed by atoms with van der Waals surface area (Å²) in [5.74, 6) is 0.597. The molecule has 0 amide bonds. The van der Waals surface area contributed by atoms with Crippen molar-refractivity contribution in [2.24, 2.45) is 0 Å². The molecule has 0 spiro atoms. The zero-order valence-electron chi connectivity index (χ0n) is 10.8. The average Bonchev–Trinajstić information content (AvgIpc) is 2.32. The number of hydrogen-bond donors (Lipinski definition) is 1. The lowest BCUT2D eigenvalue weighted by molar-refractivity contribution is 0.321. The van der Waals surface area contributed by atoms with Gasteiger partial charge in [0.2, 0.25) is 5.56 Å². The molecule has 2 rings (SSSR count). The van der Waals surface area contributed by atoms with E-state index in [2.05, 4.69) is 4.98 Å². The maximum Gasteiger partial charge on any atom is 0.248 e. The fourth-order valence-electron chi connectivity index (χ4n) is 1.82. The molecule has 1 heterocycles. The molecule has 0 saturated carbocycles. The highest BCUT2D eigenvalue weighted by atomic mass is 35.5. The third-order valence-corrected chi connectivity index (χ3v) is 3.93. The normalized spacial score (nSPS) is 11.7. The smallest absolute Gasteiger partial charge is 0.248 e. The lowest BCUT2D eigenvalue weighted by Crippen LogP contribution is -2.08. The molecule has 0 unspecified atom stereocenters. The summed E-state index contributed by atoms with van der Waals surface area (Å²) in [6.07, 6.45) is 1.59. The quantitative estimate of drug-likeness (QED) is 0.856. The summed E-state index contributed by atoms with van der Waals surface area (Å²) in [4.78, 5) is 13.9. The van der Waals surface area contributed by atoms with Gasteiger partial charge in [0, 0.05) is 22.7 Å². The van der Waals surface area contributed by atoms with Crippen LogP contribution >= 0.6 is 11.6 Å². The van der Waals surface area contributed by atoms with Gasteiger partial charge in [-0.15, -0.1) is 0 Å². The van der Waals surface area contributed by atoms with Gasteiger partial charge in [0.05, 0.1) is 17.9 Å². The number of ether oxygens (including phenoxy) is 1. The molecule has 20 heavy (non-hydrogen) atoms. The molecule has 0 aliphatic rings. The van der Waals surface area contributed by atoms with E-state index in [9.17, 15) is 13.2 Å². The van der Waals surface area contributed by atoms with Gasteiger partial charge in [0.25, 0.3) is 0 Å². The second kappa shape index (κ2) is 5.85. The van der Waals surface area contributed by atoms with E-state index >= 15 is 0 Å². The Kier molecular flexibility index (Phi) is 4.35. The second-order valence-electron chi connectivity index (χ2n) is 4.52. The molecule has 2 aromatic rings. The predicted molar refractivity (Wildman–Crippen MR) is 79.4 cm³/mol. The number of benzene rings is 1. The molecule has 0 aliphatic carbocycles. The predicted octanol–water partition coefficient (Wildman–Crippen LogP) is 1.99. The highest BCUT2D eigenvalue weighted by Gasteiger charge is 2.07. The molecule has 5 nitrogen and oxygen atoms in total. The Balaban J connectivity index is 2.19. The van der Waals surface area contributed by atoms with Crippen molar-refractivity contribution in [2.75, 3.05) is 18.6 Å². The van der Waals surface area contributed by atoms with Gasteiger partial charge in [-0.3, -0.25) is 4.79 Å². The van der Waals surface area contributed by atoms with Crippen molar-refractivity contribution in [2.45, 2.75) is 6.42 Å². The van der Waals surface area contributed by atoms with Crippen molar-refractivity contribution >= 4 is 32.3 Å². The Bertz CT molecular complexity index is 783. The summed E-state index contributed by atoms with van der Waals surface area (Å²) in [5, 5.41) is 1.17. The minimum absolute atomic E-state index is 0.0718. The van der Waals surface area contributed by atoms with Gasteiger partial charge in [-0.05, 0) is 24.6 Å². The van der Waals surface area contributed by atoms with Crippen molar-refractivity contribution in [3.8, 4) is 5.75 Å². The first-order valence-electron chi connectivity index (χ1n) is 5.98.